The zero-order valence-electron chi connectivity index (χ0n) is 16.3. The maximum absolute atomic E-state index is 12.3. The number of piperidine rings is 1. The van der Waals surface area contributed by atoms with Crippen LogP contribution >= 0.6 is 0 Å². The van der Waals surface area contributed by atoms with Crippen LogP contribution in [0.2, 0.25) is 0 Å². The Balaban J connectivity index is 1.63. The summed E-state index contributed by atoms with van der Waals surface area (Å²) in [5.74, 6) is 0.849. The second-order valence-corrected chi connectivity index (χ2v) is 8.18. The van der Waals surface area contributed by atoms with Crippen LogP contribution in [-0.2, 0) is 11.3 Å². The molecule has 0 N–H and O–H groups in total. The van der Waals surface area contributed by atoms with Gasteiger partial charge in [0.15, 0.2) is 0 Å². The Morgan fingerprint density at radius 3 is 2.46 bits per heavy atom. The molecule has 0 aromatic heterocycles. The van der Waals surface area contributed by atoms with E-state index in [1.54, 1.807) is 9.80 Å². The van der Waals surface area contributed by atoms with Gasteiger partial charge >= 0.3 is 6.09 Å². The summed E-state index contributed by atoms with van der Waals surface area (Å²) in [5, 5.41) is 0. The first-order valence-electron chi connectivity index (χ1n) is 9.18. The van der Waals surface area contributed by atoms with Gasteiger partial charge in [0.05, 0.1) is 12.1 Å². The fourth-order valence-electron chi connectivity index (χ4n) is 3.47. The second kappa shape index (κ2) is 6.82. The number of carbonyl (C=O) groups is 2. The number of hydrogen-bond donors (Lipinski definition) is 0. The van der Waals surface area contributed by atoms with E-state index in [-0.39, 0.29) is 18.1 Å². The second-order valence-electron chi connectivity index (χ2n) is 8.18. The van der Waals surface area contributed by atoms with Crippen LogP contribution in [0.1, 0.15) is 55.1 Å². The third-order valence-electron chi connectivity index (χ3n) is 4.82. The SMILES string of the molecule is Cc1ccc(OC2CCN(C(=O)OC(C)(C)C)CC2)c2c1C(=O)N(C)C2. The lowest BCUT2D eigenvalue weighted by Gasteiger charge is -2.33. The minimum Gasteiger partial charge on any atom is -0.490 e. The number of carbonyl (C=O) groups excluding carboxylic acids is 2. The first-order chi connectivity index (χ1) is 12.2. The van der Waals surface area contributed by atoms with Crippen molar-refractivity contribution in [2.24, 2.45) is 0 Å². The highest BCUT2D eigenvalue weighted by Gasteiger charge is 2.32. The van der Waals surface area contributed by atoms with E-state index in [2.05, 4.69) is 0 Å². The largest absolute Gasteiger partial charge is 0.490 e. The molecule has 0 saturated carbocycles. The van der Waals surface area contributed by atoms with Gasteiger partial charge in [0.1, 0.15) is 17.5 Å². The molecule has 0 unspecified atom stereocenters. The van der Waals surface area contributed by atoms with Crippen molar-refractivity contribution in [2.75, 3.05) is 20.1 Å². The van der Waals surface area contributed by atoms with E-state index in [9.17, 15) is 9.59 Å². The quantitative estimate of drug-likeness (QED) is 0.811. The summed E-state index contributed by atoms with van der Waals surface area (Å²) in [6, 6.07) is 3.90. The fraction of sp³-hybridized carbons (Fsp3) is 0.600. The monoisotopic (exact) mass is 360 g/mol. The van der Waals surface area contributed by atoms with Crippen molar-refractivity contribution in [2.45, 2.75) is 58.8 Å². The van der Waals surface area contributed by atoms with Gasteiger partial charge in [-0.3, -0.25) is 4.79 Å². The van der Waals surface area contributed by atoms with Crippen LogP contribution < -0.4 is 4.74 Å². The van der Waals surface area contributed by atoms with E-state index in [4.69, 9.17) is 9.47 Å². The first kappa shape index (κ1) is 18.5. The molecule has 3 rings (SSSR count). The van der Waals surface area contributed by atoms with E-state index in [1.807, 2.05) is 46.9 Å². The summed E-state index contributed by atoms with van der Waals surface area (Å²) in [4.78, 5) is 27.9. The zero-order chi connectivity index (χ0) is 19.1. The molecule has 142 valence electrons. The standard InChI is InChI=1S/C20H28N2O4/c1-13-6-7-16(15-12-21(5)18(23)17(13)15)25-14-8-10-22(11-9-14)19(24)26-20(2,3)4/h6-7,14H,8-12H2,1-5H3. The summed E-state index contributed by atoms with van der Waals surface area (Å²) in [5.41, 5.74) is 2.26. The lowest BCUT2D eigenvalue weighted by Crippen LogP contribution is -2.44. The van der Waals surface area contributed by atoms with Crippen LogP contribution in [0, 0.1) is 6.92 Å². The molecule has 0 bridgehead atoms. The smallest absolute Gasteiger partial charge is 0.410 e. The molecule has 2 aliphatic heterocycles. The molecule has 1 saturated heterocycles. The number of nitrogens with zero attached hydrogens (tertiary/aromatic N) is 2. The summed E-state index contributed by atoms with van der Waals surface area (Å²) in [6.07, 6.45) is 1.29. The number of rotatable bonds is 2. The number of aryl methyl sites for hydroxylation is 1. The molecule has 2 heterocycles. The molecule has 1 fully saturated rings. The summed E-state index contributed by atoms with van der Waals surface area (Å²) in [7, 11) is 1.81. The molecule has 2 amide bonds. The number of hydrogen-bond acceptors (Lipinski definition) is 4. The highest BCUT2D eigenvalue weighted by molar-refractivity contribution is 6.00. The van der Waals surface area contributed by atoms with Gasteiger partial charge in [0.2, 0.25) is 0 Å². The van der Waals surface area contributed by atoms with E-state index >= 15 is 0 Å². The Kier molecular flexibility index (Phi) is 4.86. The highest BCUT2D eigenvalue weighted by atomic mass is 16.6. The zero-order valence-corrected chi connectivity index (χ0v) is 16.3. The lowest BCUT2D eigenvalue weighted by atomic mass is 10.0. The van der Waals surface area contributed by atoms with Crippen molar-refractivity contribution in [1.29, 1.82) is 0 Å². The molecule has 26 heavy (non-hydrogen) atoms. The van der Waals surface area contributed by atoms with Crippen LogP contribution in [0.15, 0.2) is 12.1 Å². The molecule has 0 radical (unpaired) electrons. The number of ether oxygens (including phenoxy) is 2. The lowest BCUT2D eigenvalue weighted by molar-refractivity contribution is 0.0125. The number of benzene rings is 1. The van der Waals surface area contributed by atoms with Crippen LogP contribution in [0.5, 0.6) is 5.75 Å². The van der Waals surface area contributed by atoms with Gasteiger partial charge in [-0.1, -0.05) is 6.07 Å². The van der Waals surface area contributed by atoms with E-state index in [1.165, 1.54) is 0 Å². The molecule has 0 atom stereocenters. The number of likely N-dealkylation sites (tertiary alicyclic amines) is 1. The van der Waals surface area contributed by atoms with Crippen LogP contribution in [0.3, 0.4) is 0 Å². The fourth-order valence-corrected chi connectivity index (χ4v) is 3.47. The minimum absolute atomic E-state index is 0.0431. The predicted molar refractivity (Wildman–Crippen MR) is 98.4 cm³/mol. The Hall–Kier alpha value is -2.24. The first-order valence-corrected chi connectivity index (χ1v) is 9.18. The Morgan fingerprint density at radius 2 is 1.85 bits per heavy atom. The van der Waals surface area contributed by atoms with E-state index in [0.29, 0.717) is 19.6 Å². The van der Waals surface area contributed by atoms with Gasteiger partial charge in [0.25, 0.3) is 5.91 Å². The maximum atomic E-state index is 12.3. The topological polar surface area (TPSA) is 59.1 Å². The minimum atomic E-state index is -0.481. The summed E-state index contributed by atoms with van der Waals surface area (Å²) >= 11 is 0. The molecular formula is C20H28N2O4. The van der Waals surface area contributed by atoms with Gasteiger partial charge in [-0.2, -0.15) is 0 Å². The number of amides is 2. The summed E-state index contributed by atoms with van der Waals surface area (Å²) in [6.45, 7) is 9.39. The molecule has 6 heteroatoms. The van der Waals surface area contributed by atoms with Crippen molar-refractivity contribution in [1.82, 2.24) is 9.80 Å². The molecule has 6 nitrogen and oxygen atoms in total. The Morgan fingerprint density at radius 1 is 1.19 bits per heavy atom. The molecule has 2 aliphatic rings. The number of fused-ring (bicyclic) bond motifs is 1. The van der Waals surface area contributed by atoms with Crippen LogP contribution in [0.25, 0.3) is 0 Å². The van der Waals surface area contributed by atoms with Crippen molar-refractivity contribution in [3.05, 3.63) is 28.8 Å². The van der Waals surface area contributed by atoms with Crippen LogP contribution in [-0.4, -0.2) is 53.6 Å². The maximum Gasteiger partial charge on any atom is 0.410 e. The predicted octanol–water partition coefficient (Wildman–Crippen LogP) is 3.36. The van der Waals surface area contributed by atoms with Gasteiger partial charge in [-0.05, 0) is 39.3 Å². The van der Waals surface area contributed by atoms with E-state index < -0.39 is 5.60 Å². The van der Waals surface area contributed by atoms with Gasteiger partial charge in [-0.15, -0.1) is 0 Å². The van der Waals surface area contributed by atoms with Gasteiger partial charge in [-0.25, -0.2) is 4.79 Å². The molecule has 1 aromatic carbocycles. The van der Waals surface area contributed by atoms with E-state index in [0.717, 1.165) is 35.3 Å². The van der Waals surface area contributed by atoms with Gasteiger partial charge in [0, 0.05) is 38.5 Å². The average Bonchev–Trinajstić information content (AvgIpc) is 2.85. The van der Waals surface area contributed by atoms with Crippen molar-refractivity contribution >= 4 is 12.0 Å². The van der Waals surface area contributed by atoms with Crippen molar-refractivity contribution < 1.29 is 19.1 Å². The Bertz CT molecular complexity index is 715. The van der Waals surface area contributed by atoms with Gasteiger partial charge < -0.3 is 19.3 Å². The third-order valence-corrected chi connectivity index (χ3v) is 4.82. The molecule has 0 aliphatic carbocycles. The average molecular weight is 360 g/mol. The molecule has 1 aromatic rings. The van der Waals surface area contributed by atoms with Crippen molar-refractivity contribution in [3.8, 4) is 5.75 Å². The highest BCUT2D eigenvalue weighted by Crippen LogP contribution is 2.34. The van der Waals surface area contributed by atoms with Crippen LogP contribution in [0.4, 0.5) is 4.79 Å². The van der Waals surface area contributed by atoms with Crippen molar-refractivity contribution in [3.63, 3.8) is 0 Å². The molecule has 0 spiro atoms. The summed E-state index contributed by atoms with van der Waals surface area (Å²) < 4.78 is 11.7. The molecular weight excluding hydrogens is 332 g/mol. The third kappa shape index (κ3) is 3.79. The Labute approximate surface area is 155 Å². The normalized spacial score (nSPS) is 18.1.